The number of hydrogen-bond acceptors (Lipinski definition) is 4. The normalized spacial score (nSPS) is 11.4. The van der Waals surface area contributed by atoms with Crippen molar-refractivity contribution in [1.82, 2.24) is 16.0 Å². The number of hydrogen-bond donors (Lipinski definition) is 5. The first-order valence-electron chi connectivity index (χ1n) is 4.66. The van der Waals surface area contributed by atoms with E-state index in [1.54, 1.807) is 0 Å². The van der Waals surface area contributed by atoms with Gasteiger partial charge in [-0.2, -0.15) is 12.6 Å². The molecule has 5 N–H and O–H groups in total. The van der Waals surface area contributed by atoms with Crippen LogP contribution in [-0.4, -0.2) is 42.7 Å². The summed E-state index contributed by atoms with van der Waals surface area (Å²) < 4.78 is 0. The van der Waals surface area contributed by atoms with Gasteiger partial charge in [0.1, 0.15) is 6.04 Å². The Bertz CT molecular complexity index is 272. The summed E-state index contributed by atoms with van der Waals surface area (Å²) in [6.07, 6.45) is 0. The van der Waals surface area contributed by atoms with Crippen molar-refractivity contribution in [2.45, 2.75) is 13.0 Å². The molecule has 1 unspecified atom stereocenters. The number of nitrogens with two attached hydrogens (primary N) is 1. The minimum atomic E-state index is -0.672. The fourth-order valence-corrected chi connectivity index (χ4v) is 1.19. The van der Waals surface area contributed by atoms with Gasteiger partial charge < -0.3 is 21.7 Å². The first kappa shape index (κ1) is 14.6. The third kappa shape index (κ3) is 6.93. The molecule has 0 aliphatic heterocycles. The Labute approximate surface area is 98.9 Å². The molecule has 92 valence electrons. The zero-order valence-corrected chi connectivity index (χ0v) is 9.84. The molecule has 0 aliphatic carbocycles. The molecule has 0 aromatic rings. The van der Waals surface area contributed by atoms with Crippen molar-refractivity contribution in [3.8, 4) is 0 Å². The van der Waals surface area contributed by atoms with E-state index in [0.29, 0.717) is 0 Å². The highest BCUT2D eigenvalue weighted by molar-refractivity contribution is 7.80. The van der Waals surface area contributed by atoms with Gasteiger partial charge in [0, 0.05) is 25.8 Å². The van der Waals surface area contributed by atoms with Crippen LogP contribution in [0, 0.1) is 0 Å². The summed E-state index contributed by atoms with van der Waals surface area (Å²) in [6, 6.07) is -1.32. The smallest absolute Gasteiger partial charge is 0.312 e. The monoisotopic (exact) mass is 248 g/mol. The van der Waals surface area contributed by atoms with Crippen molar-refractivity contribution in [3.63, 3.8) is 0 Å². The molecule has 4 amide bonds. The van der Waals surface area contributed by atoms with E-state index in [4.69, 9.17) is 5.73 Å². The highest BCUT2D eigenvalue weighted by Crippen LogP contribution is 1.88. The van der Waals surface area contributed by atoms with E-state index in [1.165, 1.54) is 6.92 Å². The predicted octanol–water partition coefficient (Wildman–Crippen LogP) is -1.79. The summed E-state index contributed by atoms with van der Waals surface area (Å²) in [5, 5.41) is 7.28. The van der Waals surface area contributed by atoms with Gasteiger partial charge in [0.2, 0.25) is 11.8 Å². The van der Waals surface area contributed by atoms with Gasteiger partial charge in [-0.3, -0.25) is 9.59 Å². The number of primary amides is 1. The Kier molecular flexibility index (Phi) is 7.10. The number of carbonyl (C=O) groups is 3. The van der Waals surface area contributed by atoms with Crippen LogP contribution in [0.5, 0.6) is 0 Å². The Morgan fingerprint density at radius 1 is 1.25 bits per heavy atom. The van der Waals surface area contributed by atoms with Crippen molar-refractivity contribution in [1.29, 1.82) is 0 Å². The third-order valence-electron chi connectivity index (χ3n) is 1.60. The molecule has 0 saturated heterocycles. The van der Waals surface area contributed by atoms with Gasteiger partial charge in [0.25, 0.3) is 0 Å². The van der Waals surface area contributed by atoms with Gasteiger partial charge in [0.15, 0.2) is 0 Å². The van der Waals surface area contributed by atoms with Gasteiger partial charge in [0.05, 0.1) is 0 Å². The molecule has 0 saturated carbocycles. The van der Waals surface area contributed by atoms with Crippen LogP contribution >= 0.6 is 12.6 Å². The zero-order chi connectivity index (χ0) is 12.6. The highest BCUT2D eigenvalue weighted by Gasteiger charge is 2.16. The van der Waals surface area contributed by atoms with E-state index in [-0.39, 0.29) is 30.7 Å². The molecule has 8 heteroatoms. The topological polar surface area (TPSA) is 113 Å². The summed E-state index contributed by atoms with van der Waals surface area (Å²) in [5.41, 5.74) is 4.83. The Morgan fingerprint density at radius 2 is 1.81 bits per heavy atom. The zero-order valence-electron chi connectivity index (χ0n) is 8.95. The molecule has 0 bridgehead atoms. The SMILES string of the molecule is CC(=O)NC(CS)C(=O)NCCNC(N)=O. The van der Waals surface area contributed by atoms with Gasteiger partial charge >= 0.3 is 6.03 Å². The number of carbonyl (C=O) groups excluding carboxylic acids is 3. The van der Waals surface area contributed by atoms with Crippen LogP contribution < -0.4 is 21.7 Å². The van der Waals surface area contributed by atoms with Gasteiger partial charge in [-0.1, -0.05) is 0 Å². The molecule has 1 atom stereocenters. The largest absolute Gasteiger partial charge is 0.353 e. The van der Waals surface area contributed by atoms with Crippen LogP contribution in [0.2, 0.25) is 0 Å². The number of nitrogens with one attached hydrogen (secondary N) is 3. The minimum absolute atomic E-state index is 0.203. The predicted molar refractivity (Wildman–Crippen MR) is 62.1 cm³/mol. The van der Waals surface area contributed by atoms with Crippen LogP contribution in [0.1, 0.15) is 6.92 Å². The molecule has 7 nitrogen and oxygen atoms in total. The van der Waals surface area contributed by atoms with E-state index in [2.05, 4.69) is 28.6 Å². The second-order valence-electron chi connectivity index (χ2n) is 3.02. The molecule has 0 rings (SSSR count). The first-order chi connectivity index (χ1) is 7.47. The summed E-state index contributed by atoms with van der Waals surface area (Å²) in [4.78, 5) is 32.5. The van der Waals surface area contributed by atoms with Crippen LogP contribution in [0.4, 0.5) is 4.79 Å². The summed E-state index contributed by atoms with van der Waals surface area (Å²) in [5.74, 6) is -0.449. The maximum absolute atomic E-state index is 11.4. The van der Waals surface area contributed by atoms with E-state index >= 15 is 0 Å². The van der Waals surface area contributed by atoms with E-state index in [9.17, 15) is 14.4 Å². The number of amides is 4. The van der Waals surface area contributed by atoms with Gasteiger partial charge in [-0.25, -0.2) is 4.79 Å². The molecule has 0 heterocycles. The summed E-state index contributed by atoms with van der Waals surface area (Å²) >= 11 is 3.94. The molecule has 0 radical (unpaired) electrons. The van der Waals surface area contributed by atoms with Crippen LogP contribution in [0.15, 0.2) is 0 Å². The minimum Gasteiger partial charge on any atom is -0.353 e. The fourth-order valence-electron chi connectivity index (χ4n) is 0.934. The average Bonchev–Trinajstić information content (AvgIpc) is 2.20. The van der Waals surface area contributed by atoms with Gasteiger partial charge in [-0.05, 0) is 0 Å². The van der Waals surface area contributed by atoms with E-state index in [1.807, 2.05) is 0 Å². The van der Waals surface area contributed by atoms with Crippen molar-refractivity contribution in [2.24, 2.45) is 5.73 Å². The maximum Gasteiger partial charge on any atom is 0.312 e. The van der Waals surface area contributed by atoms with Crippen LogP contribution in [0.3, 0.4) is 0 Å². The van der Waals surface area contributed by atoms with Crippen molar-refractivity contribution >= 4 is 30.5 Å². The van der Waals surface area contributed by atoms with E-state index in [0.717, 1.165) is 0 Å². The van der Waals surface area contributed by atoms with Crippen molar-refractivity contribution < 1.29 is 14.4 Å². The van der Waals surface area contributed by atoms with Crippen molar-refractivity contribution in [3.05, 3.63) is 0 Å². The second-order valence-corrected chi connectivity index (χ2v) is 3.38. The lowest BCUT2D eigenvalue weighted by Crippen LogP contribution is -2.49. The molecular formula is C8H16N4O3S. The summed E-state index contributed by atoms with van der Waals surface area (Å²) in [7, 11) is 0. The molecular weight excluding hydrogens is 232 g/mol. The Hall–Kier alpha value is -1.44. The van der Waals surface area contributed by atoms with Gasteiger partial charge in [-0.15, -0.1) is 0 Å². The molecule has 0 aromatic carbocycles. The fraction of sp³-hybridized carbons (Fsp3) is 0.625. The first-order valence-corrected chi connectivity index (χ1v) is 5.29. The number of rotatable bonds is 6. The molecule has 16 heavy (non-hydrogen) atoms. The lowest BCUT2D eigenvalue weighted by atomic mass is 10.3. The van der Waals surface area contributed by atoms with Crippen LogP contribution in [0.25, 0.3) is 0 Å². The lowest BCUT2D eigenvalue weighted by Gasteiger charge is -2.15. The molecule has 0 fully saturated rings. The molecule has 0 aromatic heterocycles. The maximum atomic E-state index is 11.4. The average molecular weight is 248 g/mol. The standard InChI is InChI=1S/C8H16N4O3S/c1-5(13)12-6(4-16)7(14)10-2-3-11-8(9)15/h6,16H,2-4H2,1H3,(H,10,14)(H,12,13)(H3,9,11,15). The third-order valence-corrected chi connectivity index (χ3v) is 1.97. The highest BCUT2D eigenvalue weighted by atomic mass is 32.1. The second kappa shape index (κ2) is 7.80. The number of thiol groups is 1. The quantitative estimate of drug-likeness (QED) is 0.282. The molecule has 0 spiro atoms. The molecule has 0 aliphatic rings. The lowest BCUT2D eigenvalue weighted by molar-refractivity contribution is -0.127. The number of urea groups is 1. The summed E-state index contributed by atoms with van der Waals surface area (Å²) in [6.45, 7) is 1.80. The van der Waals surface area contributed by atoms with E-state index < -0.39 is 12.1 Å². The Balaban J connectivity index is 3.84. The van der Waals surface area contributed by atoms with Crippen LogP contribution in [-0.2, 0) is 9.59 Å². The van der Waals surface area contributed by atoms with Crippen molar-refractivity contribution in [2.75, 3.05) is 18.8 Å². The Morgan fingerprint density at radius 3 is 2.25 bits per heavy atom.